The van der Waals surface area contributed by atoms with E-state index in [2.05, 4.69) is 38.4 Å². The van der Waals surface area contributed by atoms with E-state index in [0.717, 1.165) is 54.6 Å². The van der Waals surface area contributed by atoms with Crippen LogP contribution in [0.1, 0.15) is 62.0 Å². The highest BCUT2D eigenvalue weighted by atomic mass is 16.5. The zero-order valence-corrected chi connectivity index (χ0v) is 19.5. The average Bonchev–Trinajstić information content (AvgIpc) is 3.48. The molecule has 0 amide bonds. The number of aromatic amines is 1. The number of aliphatic hydroxyl groups excluding tert-OH is 1. The van der Waals surface area contributed by atoms with Gasteiger partial charge in [-0.25, -0.2) is 4.68 Å². The fourth-order valence-corrected chi connectivity index (χ4v) is 4.64. The number of fused-ring (bicyclic) bond motifs is 1. The minimum absolute atomic E-state index is 0.0643. The standard InChI is InChI=1S/C24H34N6O3/c1-3-6-22(23-26-27-28-30(23)16-20-7-4-12-33-20)29(10-5-11-31)15-19-14-18-13-17(2)8-9-21(18)25-24(19)32/h8-9,13-14,20,22,31H,3-7,10-12,15-16H2,1-2H3,(H,25,32)/t20-,22+/m1/s1. The van der Waals surface area contributed by atoms with Crippen molar-refractivity contribution in [3.8, 4) is 0 Å². The Morgan fingerprint density at radius 1 is 1.36 bits per heavy atom. The second kappa shape index (κ2) is 11.0. The molecule has 1 aliphatic heterocycles. The average molecular weight is 455 g/mol. The molecule has 2 atom stereocenters. The molecular weight excluding hydrogens is 420 g/mol. The molecule has 0 spiro atoms. The quantitative estimate of drug-likeness (QED) is 0.458. The monoisotopic (exact) mass is 454 g/mol. The first-order valence-electron chi connectivity index (χ1n) is 11.9. The summed E-state index contributed by atoms with van der Waals surface area (Å²) in [6.45, 7) is 6.78. The lowest BCUT2D eigenvalue weighted by atomic mass is 10.1. The van der Waals surface area contributed by atoms with Gasteiger partial charge in [0.2, 0.25) is 0 Å². The van der Waals surface area contributed by atoms with Crippen molar-refractivity contribution in [3.63, 3.8) is 0 Å². The highest BCUT2D eigenvalue weighted by Crippen LogP contribution is 2.27. The summed E-state index contributed by atoms with van der Waals surface area (Å²) in [6.07, 6.45) is 4.61. The topological polar surface area (TPSA) is 109 Å². The maximum Gasteiger partial charge on any atom is 0.252 e. The summed E-state index contributed by atoms with van der Waals surface area (Å²) in [7, 11) is 0. The molecule has 2 N–H and O–H groups in total. The Hall–Kier alpha value is -2.62. The predicted octanol–water partition coefficient (Wildman–Crippen LogP) is 2.73. The number of nitrogens with zero attached hydrogens (tertiary/aromatic N) is 5. The summed E-state index contributed by atoms with van der Waals surface area (Å²) in [5.74, 6) is 0.790. The summed E-state index contributed by atoms with van der Waals surface area (Å²) in [5.41, 5.74) is 2.59. The van der Waals surface area contributed by atoms with Gasteiger partial charge >= 0.3 is 0 Å². The first-order chi connectivity index (χ1) is 16.1. The van der Waals surface area contributed by atoms with Crippen molar-refractivity contribution in [2.24, 2.45) is 0 Å². The minimum Gasteiger partial charge on any atom is -0.396 e. The Morgan fingerprint density at radius 2 is 2.24 bits per heavy atom. The number of pyridine rings is 1. The van der Waals surface area contributed by atoms with E-state index in [0.29, 0.717) is 31.6 Å². The van der Waals surface area contributed by atoms with Crippen LogP contribution in [-0.2, 0) is 17.8 Å². The van der Waals surface area contributed by atoms with Crippen LogP contribution < -0.4 is 5.56 Å². The lowest BCUT2D eigenvalue weighted by Crippen LogP contribution is -2.34. The molecular formula is C24H34N6O3. The van der Waals surface area contributed by atoms with Crippen molar-refractivity contribution in [2.75, 3.05) is 19.8 Å². The molecule has 1 aliphatic rings. The second-order valence-corrected chi connectivity index (χ2v) is 8.92. The SMILES string of the molecule is CCC[C@@H](c1nnnn1C[C@H]1CCCO1)N(CCCO)Cc1cc2cc(C)ccc2[nH]c1=O. The molecule has 0 radical (unpaired) electrons. The van der Waals surface area contributed by atoms with Crippen LogP contribution in [0.15, 0.2) is 29.1 Å². The van der Waals surface area contributed by atoms with E-state index in [1.165, 1.54) is 0 Å². The van der Waals surface area contributed by atoms with Gasteiger partial charge in [0.05, 0.1) is 18.7 Å². The third-order valence-corrected chi connectivity index (χ3v) is 6.31. The van der Waals surface area contributed by atoms with Gasteiger partial charge in [0, 0.05) is 37.4 Å². The number of aliphatic hydroxyl groups is 1. The van der Waals surface area contributed by atoms with E-state index in [1.807, 2.05) is 29.8 Å². The van der Waals surface area contributed by atoms with E-state index in [-0.39, 0.29) is 24.3 Å². The Kier molecular flexibility index (Phi) is 7.85. The van der Waals surface area contributed by atoms with Crippen LogP contribution in [0.5, 0.6) is 0 Å². The molecule has 1 aromatic carbocycles. The summed E-state index contributed by atoms with van der Waals surface area (Å²) in [6, 6.07) is 7.93. The molecule has 4 rings (SSSR count). The Labute approximate surface area is 193 Å². The number of hydrogen-bond acceptors (Lipinski definition) is 7. The number of benzene rings is 1. The van der Waals surface area contributed by atoms with E-state index < -0.39 is 0 Å². The zero-order valence-electron chi connectivity index (χ0n) is 19.5. The fourth-order valence-electron chi connectivity index (χ4n) is 4.64. The first-order valence-corrected chi connectivity index (χ1v) is 11.9. The van der Waals surface area contributed by atoms with Gasteiger partial charge in [0.25, 0.3) is 5.56 Å². The van der Waals surface area contributed by atoms with Crippen molar-refractivity contribution in [3.05, 3.63) is 51.6 Å². The Balaban J connectivity index is 1.65. The predicted molar refractivity (Wildman–Crippen MR) is 126 cm³/mol. The molecule has 2 aromatic heterocycles. The Morgan fingerprint density at radius 3 is 3.00 bits per heavy atom. The fraction of sp³-hybridized carbons (Fsp3) is 0.583. The van der Waals surface area contributed by atoms with Crippen LogP contribution in [0.25, 0.3) is 10.9 Å². The van der Waals surface area contributed by atoms with Gasteiger partial charge in [-0.15, -0.1) is 5.10 Å². The molecule has 0 saturated carbocycles. The van der Waals surface area contributed by atoms with Gasteiger partial charge in [-0.3, -0.25) is 9.69 Å². The number of ether oxygens (including phenoxy) is 1. The number of aryl methyl sites for hydroxylation is 1. The number of hydrogen-bond donors (Lipinski definition) is 2. The van der Waals surface area contributed by atoms with Crippen molar-refractivity contribution < 1.29 is 9.84 Å². The largest absolute Gasteiger partial charge is 0.396 e. The lowest BCUT2D eigenvalue weighted by molar-refractivity contribution is 0.0885. The van der Waals surface area contributed by atoms with Crippen molar-refractivity contribution in [2.45, 2.75) is 71.2 Å². The van der Waals surface area contributed by atoms with Crippen LogP contribution >= 0.6 is 0 Å². The van der Waals surface area contributed by atoms with Gasteiger partial charge in [0.15, 0.2) is 5.82 Å². The van der Waals surface area contributed by atoms with Crippen molar-refractivity contribution >= 4 is 10.9 Å². The van der Waals surface area contributed by atoms with Gasteiger partial charge in [-0.05, 0) is 66.6 Å². The van der Waals surface area contributed by atoms with Crippen molar-refractivity contribution in [1.29, 1.82) is 0 Å². The zero-order chi connectivity index (χ0) is 23.2. The lowest BCUT2D eigenvalue weighted by Gasteiger charge is -2.31. The maximum absolute atomic E-state index is 12.9. The van der Waals surface area contributed by atoms with Crippen LogP contribution in [0.3, 0.4) is 0 Å². The molecule has 9 heteroatoms. The molecule has 178 valence electrons. The smallest absolute Gasteiger partial charge is 0.252 e. The van der Waals surface area contributed by atoms with Gasteiger partial charge in [-0.1, -0.05) is 25.0 Å². The summed E-state index contributed by atoms with van der Waals surface area (Å²) in [4.78, 5) is 18.1. The number of rotatable bonds is 11. The second-order valence-electron chi connectivity index (χ2n) is 8.92. The summed E-state index contributed by atoms with van der Waals surface area (Å²) < 4.78 is 7.66. The third-order valence-electron chi connectivity index (χ3n) is 6.31. The molecule has 3 aromatic rings. The highest BCUT2D eigenvalue weighted by molar-refractivity contribution is 5.79. The molecule has 9 nitrogen and oxygen atoms in total. The number of nitrogens with one attached hydrogen (secondary N) is 1. The van der Waals surface area contributed by atoms with Crippen LogP contribution in [-0.4, -0.2) is 61.1 Å². The molecule has 33 heavy (non-hydrogen) atoms. The summed E-state index contributed by atoms with van der Waals surface area (Å²) in [5, 5.41) is 23.2. The maximum atomic E-state index is 12.9. The molecule has 0 unspecified atom stereocenters. The first kappa shape index (κ1) is 23.5. The highest BCUT2D eigenvalue weighted by Gasteiger charge is 2.28. The molecule has 0 aliphatic carbocycles. The normalized spacial score (nSPS) is 17.3. The number of tetrazole rings is 1. The summed E-state index contributed by atoms with van der Waals surface area (Å²) >= 11 is 0. The van der Waals surface area contributed by atoms with Gasteiger partial charge in [0.1, 0.15) is 0 Å². The van der Waals surface area contributed by atoms with E-state index in [1.54, 1.807) is 0 Å². The van der Waals surface area contributed by atoms with Gasteiger partial charge in [-0.2, -0.15) is 0 Å². The van der Waals surface area contributed by atoms with Crippen LogP contribution in [0, 0.1) is 6.92 Å². The molecule has 1 saturated heterocycles. The minimum atomic E-state index is -0.0884. The van der Waals surface area contributed by atoms with E-state index in [9.17, 15) is 9.90 Å². The molecule has 3 heterocycles. The Bertz CT molecular complexity index is 1110. The number of H-pyrrole nitrogens is 1. The van der Waals surface area contributed by atoms with E-state index in [4.69, 9.17) is 4.74 Å². The van der Waals surface area contributed by atoms with Crippen LogP contribution in [0.2, 0.25) is 0 Å². The third kappa shape index (κ3) is 5.66. The van der Waals surface area contributed by atoms with E-state index >= 15 is 0 Å². The number of aromatic nitrogens is 5. The van der Waals surface area contributed by atoms with Gasteiger partial charge < -0.3 is 14.8 Å². The molecule has 1 fully saturated rings. The van der Waals surface area contributed by atoms with Crippen LogP contribution in [0.4, 0.5) is 0 Å². The molecule has 0 bridgehead atoms. The van der Waals surface area contributed by atoms with Crippen molar-refractivity contribution in [1.82, 2.24) is 30.1 Å².